The molecular formula is C9H7BrN2O2. The largest absolute Gasteiger partial charge is 0.478 e. The van der Waals surface area contributed by atoms with E-state index in [0.717, 1.165) is 16.9 Å². The van der Waals surface area contributed by atoms with Crippen molar-refractivity contribution in [3.8, 4) is 0 Å². The van der Waals surface area contributed by atoms with Gasteiger partial charge in [-0.25, -0.2) is 9.78 Å². The fourth-order valence-corrected chi connectivity index (χ4v) is 1.87. The van der Waals surface area contributed by atoms with Crippen LogP contribution in [0.3, 0.4) is 0 Å². The number of carbonyl (C=O) groups is 1. The summed E-state index contributed by atoms with van der Waals surface area (Å²) in [6.45, 7) is 1.83. The van der Waals surface area contributed by atoms with E-state index in [4.69, 9.17) is 5.11 Å². The van der Waals surface area contributed by atoms with Crippen molar-refractivity contribution in [3.05, 3.63) is 28.0 Å². The molecule has 2 rings (SSSR count). The molecule has 2 N–H and O–H groups in total. The summed E-state index contributed by atoms with van der Waals surface area (Å²) in [7, 11) is 0. The number of aromatic nitrogens is 2. The van der Waals surface area contributed by atoms with E-state index >= 15 is 0 Å². The first-order valence-electron chi connectivity index (χ1n) is 3.97. The van der Waals surface area contributed by atoms with Gasteiger partial charge in [0.25, 0.3) is 0 Å². The lowest BCUT2D eigenvalue weighted by atomic mass is 10.2. The summed E-state index contributed by atoms with van der Waals surface area (Å²) >= 11 is 3.28. The zero-order valence-corrected chi connectivity index (χ0v) is 8.92. The number of fused-ring (bicyclic) bond motifs is 1. The molecule has 1 aromatic heterocycles. The molecule has 0 atom stereocenters. The second-order valence-electron chi connectivity index (χ2n) is 2.98. The van der Waals surface area contributed by atoms with Crippen LogP contribution in [0.5, 0.6) is 0 Å². The quantitative estimate of drug-likeness (QED) is 0.821. The van der Waals surface area contributed by atoms with Gasteiger partial charge >= 0.3 is 5.97 Å². The second-order valence-corrected chi connectivity index (χ2v) is 3.84. The number of hydrogen-bond acceptors (Lipinski definition) is 2. The van der Waals surface area contributed by atoms with Gasteiger partial charge in [-0.3, -0.25) is 0 Å². The van der Waals surface area contributed by atoms with E-state index in [1.165, 1.54) is 0 Å². The molecule has 0 saturated heterocycles. The van der Waals surface area contributed by atoms with E-state index in [1.807, 2.05) is 6.92 Å². The summed E-state index contributed by atoms with van der Waals surface area (Å²) in [4.78, 5) is 18.0. The normalized spacial score (nSPS) is 10.7. The predicted octanol–water partition coefficient (Wildman–Crippen LogP) is 2.33. The van der Waals surface area contributed by atoms with Crippen LogP contribution >= 0.6 is 15.9 Å². The number of hydrogen-bond donors (Lipinski definition) is 2. The molecule has 0 radical (unpaired) electrons. The Balaban J connectivity index is 2.77. The first kappa shape index (κ1) is 9.21. The third-order valence-electron chi connectivity index (χ3n) is 1.91. The van der Waals surface area contributed by atoms with Crippen molar-refractivity contribution < 1.29 is 9.90 Å². The van der Waals surface area contributed by atoms with Crippen molar-refractivity contribution in [1.82, 2.24) is 9.97 Å². The number of H-pyrrole nitrogens is 1. The average molecular weight is 255 g/mol. The lowest BCUT2D eigenvalue weighted by Crippen LogP contribution is -1.95. The molecule has 0 aliphatic carbocycles. The van der Waals surface area contributed by atoms with Crippen molar-refractivity contribution in [2.45, 2.75) is 6.92 Å². The van der Waals surface area contributed by atoms with Crippen LogP contribution in [-0.2, 0) is 0 Å². The maximum Gasteiger partial charge on any atom is 0.335 e. The van der Waals surface area contributed by atoms with Gasteiger partial charge in [-0.15, -0.1) is 0 Å². The van der Waals surface area contributed by atoms with Crippen molar-refractivity contribution in [2.24, 2.45) is 0 Å². The molecule has 4 nitrogen and oxygen atoms in total. The van der Waals surface area contributed by atoms with Crippen LogP contribution < -0.4 is 0 Å². The Kier molecular flexibility index (Phi) is 2.03. The SMILES string of the molecule is Cc1nc2c(Br)cc(C(=O)O)cc2[nH]1. The molecule has 0 fully saturated rings. The van der Waals surface area contributed by atoms with Gasteiger partial charge in [0, 0.05) is 4.47 Å². The average Bonchev–Trinajstić information content (AvgIpc) is 2.45. The zero-order chi connectivity index (χ0) is 10.3. The number of rotatable bonds is 1. The number of aryl methyl sites for hydroxylation is 1. The number of halogens is 1. The fraction of sp³-hybridized carbons (Fsp3) is 0.111. The molecule has 0 unspecified atom stereocenters. The highest BCUT2D eigenvalue weighted by Crippen LogP contribution is 2.23. The second kappa shape index (κ2) is 3.09. The van der Waals surface area contributed by atoms with Crippen LogP contribution in [0.15, 0.2) is 16.6 Å². The van der Waals surface area contributed by atoms with Gasteiger partial charge in [-0.2, -0.15) is 0 Å². The van der Waals surface area contributed by atoms with Crippen LogP contribution in [0.4, 0.5) is 0 Å². The Labute approximate surface area is 88.1 Å². The Morgan fingerprint density at radius 2 is 2.29 bits per heavy atom. The van der Waals surface area contributed by atoms with Gasteiger partial charge in [-0.05, 0) is 35.0 Å². The Morgan fingerprint density at radius 1 is 1.57 bits per heavy atom. The lowest BCUT2D eigenvalue weighted by Gasteiger charge is -1.96. The van der Waals surface area contributed by atoms with Gasteiger partial charge in [-0.1, -0.05) is 0 Å². The Morgan fingerprint density at radius 3 is 2.93 bits per heavy atom. The van der Waals surface area contributed by atoms with Crippen LogP contribution in [0, 0.1) is 6.92 Å². The van der Waals surface area contributed by atoms with Crippen molar-refractivity contribution in [2.75, 3.05) is 0 Å². The number of carboxylic acid groups (broad SMARTS) is 1. The summed E-state index contributed by atoms with van der Waals surface area (Å²) in [6, 6.07) is 3.12. The molecule has 72 valence electrons. The third kappa shape index (κ3) is 1.39. The first-order chi connectivity index (χ1) is 6.58. The first-order valence-corrected chi connectivity index (χ1v) is 4.76. The summed E-state index contributed by atoms with van der Waals surface area (Å²) in [5.41, 5.74) is 1.73. The van der Waals surface area contributed by atoms with E-state index in [-0.39, 0.29) is 5.56 Å². The van der Waals surface area contributed by atoms with Crippen LogP contribution in [0.2, 0.25) is 0 Å². The summed E-state index contributed by atoms with van der Waals surface area (Å²) in [5.74, 6) is -0.178. The molecule has 0 spiro atoms. The van der Waals surface area contributed by atoms with Gasteiger partial charge in [0.15, 0.2) is 0 Å². The summed E-state index contributed by atoms with van der Waals surface area (Å²) < 4.78 is 0.691. The lowest BCUT2D eigenvalue weighted by molar-refractivity contribution is 0.0697. The van der Waals surface area contributed by atoms with Gasteiger partial charge in [0.1, 0.15) is 11.3 Å². The Hall–Kier alpha value is -1.36. The maximum atomic E-state index is 10.7. The Bertz CT molecular complexity index is 519. The van der Waals surface area contributed by atoms with Crippen LogP contribution in [-0.4, -0.2) is 21.0 Å². The minimum Gasteiger partial charge on any atom is -0.478 e. The highest BCUT2D eigenvalue weighted by Gasteiger charge is 2.09. The van der Waals surface area contributed by atoms with Crippen LogP contribution in [0.1, 0.15) is 16.2 Å². The molecule has 1 aromatic carbocycles. The van der Waals surface area contributed by atoms with Crippen molar-refractivity contribution >= 4 is 32.9 Å². The molecular weight excluding hydrogens is 248 g/mol. The molecule has 0 saturated carbocycles. The predicted molar refractivity (Wildman–Crippen MR) is 55.5 cm³/mol. The maximum absolute atomic E-state index is 10.7. The molecule has 0 aliphatic heterocycles. The number of nitrogens with zero attached hydrogens (tertiary/aromatic N) is 1. The summed E-state index contributed by atoms with van der Waals surface area (Å²) in [6.07, 6.45) is 0. The zero-order valence-electron chi connectivity index (χ0n) is 7.34. The number of nitrogens with one attached hydrogen (secondary N) is 1. The smallest absolute Gasteiger partial charge is 0.335 e. The highest BCUT2D eigenvalue weighted by molar-refractivity contribution is 9.10. The topological polar surface area (TPSA) is 66.0 Å². The van der Waals surface area contributed by atoms with Crippen molar-refractivity contribution in [3.63, 3.8) is 0 Å². The van der Waals surface area contributed by atoms with Crippen LogP contribution in [0.25, 0.3) is 11.0 Å². The van der Waals surface area contributed by atoms with Crippen molar-refractivity contribution in [1.29, 1.82) is 0 Å². The highest BCUT2D eigenvalue weighted by atomic mass is 79.9. The molecule has 0 aliphatic rings. The van der Waals surface area contributed by atoms with E-state index < -0.39 is 5.97 Å². The summed E-state index contributed by atoms with van der Waals surface area (Å²) in [5, 5.41) is 8.82. The fourth-order valence-electron chi connectivity index (χ4n) is 1.32. The molecule has 5 heteroatoms. The number of carboxylic acids is 1. The number of aromatic carboxylic acids is 1. The molecule has 2 aromatic rings. The molecule has 0 bridgehead atoms. The third-order valence-corrected chi connectivity index (χ3v) is 2.51. The minimum atomic E-state index is -0.945. The number of aromatic amines is 1. The van der Waals surface area contributed by atoms with E-state index in [0.29, 0.717) is 4.47 Å². The minimum absolute atomic E-state index is 0.244. The van der Waals surface area contributed by atoms with Gasteiger partial charge in [0.2, 0.25) is 0 Å². The van der Waals surface area contributed by atoms with Gasteiger partial charge < -0.3 is 10.1 Å². The molecule has 0 amide bonds. The van der Waals surface area contributed by atoms with E-state index in [2.05, 4.69) is 25.9 Å². The standard InChI is InChI=1S/C9H7BrN2O2/c1-4-11-7-3-5(9(13)14)2-6(10)8(7)12-4/h2-3H,1H3,(H,11,12)(H,13,14). The number of imidazole rings is 1. The van der Waals surface area contributed by atoms with E-state index in [1.54, 1.807) is 12.1 Å². The van der Waals surface area contributed by atoms with E-state index in [9.17, 15) is 4.79 Å². The van der Waals surface area contributed by atoms with Gasteiger partial charge in [0.05, 0.1) is 11.1 Å². The number of benzene rings is 1. The molecule has 1 heterocycles. The molecule has 14 heavy (non-hydrogen) atoms. The monoisotopic (exact) mass is 254 g/mol.